The lowest BCUT2D eigenvalue weighted by Crippen LogP contribution is -2.29. The fourth-order valence-electron chi connectivity index (χ4n) is 4.46. The Morgan fingerprint density at radius 2 is 1.54 bits per heavy atom. The Bertz CT molecular complexity index is 1420. The summed E-state index contributed by atoms with van der Waals surface area (Å²) in [6.45, 7) is 2.64. The van der Waals surface area contributed by atoms with Crippen molar-refractivity contribution in [3.63, 3.8) is 0 Å². The van der Waals surface area contributed by atoms with Crippen LogP contribution in [0.3, 0.4) is 0 Å². The summed E-state index contributed by atoms with van der Waals surface area (Å²) in [4.78, 5) is 28.0. The van der Waals surface area contributed by atoms with E-state index in [2.05, 4.69) is 0 Å². The Morgan fingerprint density at radius 1 is 0.857 bits per heavy atom. The van der Waals surface area contributed by atoms with Crippen molar-refractivity contribution in [2.24, 2.45) is 0 Å². The SMILES string of the molecule is CCCOc1ccc(C2/C(=C(/O)c3ccc4ccccc4c3)C(=O)C(=O)N2c2ccccc2)cc1. The third-order valence-electron chi connectivity index (χ3n) is 6.17. The summed E-state index contributed by atoms with van der Waals surface area (Å²) in [7, 11) is 0. The number of nitrogens with zero attached hydrogens (tertiary/aromatic N) is 1. The molecule has 1 amide bonds. The molecule has 0 aliphatic carbocycles. The number of ether oxygens (including phenoxy) is 1. The first-order valence-corrected chi connectivity index (χ1v) is 11.7. The molecule has 0 aromatic heterocycles. The van der Waals surface area contributed by atoms with E-state index in [4.69, 9.17) is 4.74 Å². The molecule has 1 N–H and O–H groups in total. The van der Waals surface area contributed by atoms with Gasteiger partial charge in [-0.25, -0.2) is 0 Å². The molecule has 1 fully saturated rings. The maximum Gasteiger partial charge on any atom is 0.300 e. The number of hydrogen-bond donors (Lipinski definition) is 1. The highest BCUT2D eigenvalue weighted by molar-refractivity contribution is 6.51. The molecule has 1 saturated heterocycles. The summed E-state index contributed by atoms with van der Waals surface area (Å²) in [5, 5.41) is 13.3. The molecule has 5 heteroatoms. The largest absolute Gasteiger partial charge is 0.507 e. The van der Waals surface area contributed by atoms with Gasteiger partial charge in [-0.15, -0.1) is 0 Å². The van der Waals surface area contributed by atoms with Gasteiger partial charge in [-0.05, 0) is 53.1 Å². The summed E-state index contributed by atoms with van der Waals surface area (Å²) in [5.41, 5.74) is 1.85. The molecule has 5 rings (SSSR count). The number of aliphatic hydroxyl groups excluding tert-OH is 1. The quantitative estimate of drug-likeness (QED) is 0.208. The van der Waals surface area contributed by atoms with Gasteiger partial charge in [0, 0.05) is 11.3 Å². The molecule has 0 radical (unpaired) electrons. The number of benzene rings is 4. The molecule has 1 atom stereocenters. The standard InChI is InChI=1S/C30H25NO4/c1-2-18-35-25-16-14-21(15-17-25)27-26(29(33)30(34)31(27)24-10-4-3-5-11-24)28(32)23-13-12-20-8-6-7-9-22(20)19-23/h3-17,19,27,32H,2,18H2,1H3/b28-26-. The van der Waals surface area contributed by atoms with Crippen LogP contribution < -0.4 is 9.64 Å². The molecule has 4 aromatic rings. The Labute approximate surface area is 203 Å². The first kappa shape index (κ1) is 22.4. The zero-order valence-corrected chi connectivity index (χ0v) is 19.3. The number of rotatable bonds is 6. The van der Waals surface area contributed by atoms with E-state index in [1.165, 1.54) is 4.90 Å². The Morgan fingerprint density at radius 3 is 2.26 bits per heavy atom. The molecule has 4 aromatic carbocycles. The van der Waals surface area contributed by atoms with Gasteiger partial charge in [-0.3, -0.25) is 14.5 Å². The van der Waals surface area contributed by atoms with Crippen LogP contribution in [-0.2, 0) is 9.59 Å². The van der Waals surface area contributed by atoms with Crippen molar-refractivity contribution in [1.82, 2.24) is 0 Å². The lowest BCUT2D eigenvalue weighted by molar-refractivity contribution is -0.132. The van der Waals surface area contributed by atoms with Crippen molar-refractivity contribution in [3.8, 4) is 5.75 Å². The third-order valence-corrected chi connectivity index (χ3v) is 6.17. The fourth-order valence-corrected chi connectivity index (χ4v) is 4.46. The fraction of sp³-hybridized carbons (Fsp3) is 0.133. The first-order chi connectivity index (χ1) is 17.1. The molecule has 5 nitrogen and oxygen atoms in total. The summed E-state index contributed by atoms with van der Waals surface area (Å²) < 4.78 is 5.70. The number of carbonyl (C=O) groups is 2. The summed E-state index contributed by atoms with van der Waals surface area (Å²) in [5.74, 6) is -0.865. The maximum absolute atomic E-state index is 13.3. The predicted octanol–water partition coefficient (Wildman–Crippen LogP) is 6.25. The zero-order chi connectivity index (χ0) is 24.4. The molecular formula is C30H25NO4. The number of aliphatic hydroxyl groups is 1. The topological polar surface area (TPSA) is 66.8 Å². The van der Waals surface area contributed by atoms with Crippen molar-refractivity contribution < 1.29 is 19.4 Å². The van der Waals surface area contributed by atoms with Crippen LogP contribution in [0.2, 0.25) is 0 Å². The Hall–Kier alpha value is -4.38. The van der Waals surface area contributed by atoms with Crippen LogP contribution in [-0.4, -0.2) is 23.4 Å². The predicted molar refractivity (Wildman–Crippen MR) is 137 cm³/mol. The number of carbonyl (C=O) groups excluding carboxylic acids is 2. The van der Waals surface area contributed by atoms with E-state index in [0.717, 1.165) is 17.2 Å². The molecule has 0 spiro atoms. The van der Waals surface area contributed by atoms with Gasteiger partial charge in [0.2, 0.25) is 0 Å². The number of para-hydroxylation sites is 1. The van der Waals surface area contributed by atoms with Gasteiger partial charge in [-0.1, -0.05) is 73.7 Å². The average Bonchev–Trinajstić information content (AvgIpc) is 3.17. The second-order valence-corrected chi connectivity index (χ2v) is 8.48. The van der Waals surface area contributed by atoms with E-state index < -0.39 is 17.7 Å². The molecule has 1 unspecified atom stereocenters. The van der Waals surface area contributed by atoms with E-state index >= 15 is 0 Å². The summed E-state index contributed by atoms with van der Waals surface area (Å²) in [6.07, 6.45) is 0.891. The van der Waals surface area contributed by atoms with Gasteiger partial charge in [0.1, 0.15) is 11.5 Å². The molecule has 1 aliphatic rings. The van der Waals surface area contributed by atoms with Crippen molar-refractivity contribution in [2.45, 2.75) is 19.4 Å². The number of Topliss-reactive ketones (excluding diaryl/α,β-unsaturated/α-hetero) is 1. The molecule has 174 valence electrons. The second kappa shape index (κ2) is 9.47. The number of amides is 1. The van der Waals surface area contributed by atoms with Crippen LogP contribution >= 0.6 is 0 Å². The van der Waals surface area contributed by atoms with E-state index in [9.17, 15) is 14.7 Å². The van der Waals surface area contributed by atoms with Crippen LogP contribution in [0.25, 0.3) is 16.5 Å². The van der Waals surface area contributed by atoms with Crippen LogP contribution in [0.4, 0.5) is 5.69 Å². The summed E-state index contributed by atoms with van der Waals surface area (Å²) >= 11 is 0. The highest BCUT2D eigenvalue weighted by atomic mass is 16.5. The highest BCUT2D eigenvalue weighted by Gasteiger charge is 2.46. The minimum absolute atomic E-state index is 0.0661. The van der Waals surface area contributed by atoms with Gasteiger partial charge in [0.25, 0.3) is 11.7 Å². The van der Waals surface area contributed by atoms with Crippen LogP contribution in [0.5, 0.6) is 5.75 Å². The minimum atomic E-state index is -0.774. The maximum atomic E-state index is 13.3. The van der Waals surface area contributed by atoms with Crippen molar-refractivity contribution in [2.75, 3.05) is 11.5 Å². The van der Waals surface area contributed by atoms with Gasteiger partial charge in [0.05, 0.1) is 18.2 Å². The molecular weight excluding hydrogens is 438 g/mol. The van der Waals surface area contributed by atoms with Crippen molar-refractivity contribution in [3.05, 3.63) is 114 Å². The molecule has 1 aliphatic heterocycles. The minimum Gasteiger partial charge on any atom is -0.507 e. The molecule has 1 heterocycles. The Kier molecular flexibility index (Phi) is 6.06. The van der Waals surface area contributed by atoms with E-state index in [-0.39, 0.29) is 11.3 Å². The van der Waals surface area contributed by atoms with Crippen LogP contribution in [0.1, 0.15) is 30.5 Å². The second-order valence-electron chi connectivity index (χ2n) is 8.48. The zero-order valence-electron chi connectivity index (χ0n) is 19.3. The number of ketones is 1. The van der Waals surface area contributed by atoms with Gasteiger partial charge < -0.3 is 9.84 Å². The molecule has 0 bridgehead atoms. The third kappa shape index (κ3) is 4.17. The van der Waals surface area contributed by atoms with Crippen LogP contribution in [0.15, 0.2) is 103 Å². The molecule has 0 saturated carbocycles. The number of anilines is 1. The molecule has 35 heavy (non-hydrogen) atoms. The van der Waals surface area contributed by atoms with Gasteiger partial charge >= 0.3 is 0 Å². The van der Waals surface area contributed by atoms with Crippen molar-refractivity contribution in [1.29, 1.82) is 0 Å². The van der Waals surface area contributed by atoms with E-state index in [0.29, 0.717) is 29.2 Å². The van der Waals surface area contributed by atoms with E-state index in [1.54, 1.807) is 18.2 Å². The normalized spacial score (nSPS) is 17.2. The Balaban J connectivity index is 1.66. The number of hydrogen-bond acceptors (Lipinski definition) is 4. The lowest BCUT2D eigenvalue weighted by atomic mass is 9.94. The lowest BCUT2D eigenvalue weighted by Gasteiger charge is -2.25. The van der Waals surface area contributed by atoms with Gasteiger partial charge in [0.15, 0.2) is 0 Å². The van der Waals surface area contributed by atoms with Gasteiger partial charge in [-0.2, -0.15) is 0 Å². The van der Waals surface area contributed by atoms with Crippen molar-refractivity contribution >= 4 is 33.9 Å². The summed E-state index contributed by atoms with van der Waals surface area (Å²) in [6, 6.07) is 28.9. The monoisotopic (exact) mass is 463 g/mol. The van der Waals surface area contributed by atoms with E-state index in [1.807, 2.05) is 85.8 Å². The smallest absolute Gasteiger partial charge is 0.300 e. The highest BCUT2D eigenvalue weighted by Crippen LogP contribution is 2.42. The van der Waals surface area contributed by atoms with Crippen LogP contribution in [0, 0.1) is 0 Å². The number of fused-ring (bicyclic) bond motifs is 1. The first-order valence-electron chi connectivity index (χ1n) is 11.7. The average molecular weight is 464 g/mol.